The Hall–Kier alpha value is -1.81. The third-order valence-corrected chi connectivity index (χ3v) is 3.36. The number of aromatic nitrogens is 1. The monoisotopic (exact) mass is 334 g/mol. The number of carbonyl (C=O) groups is 1. The maximum Gasteiger partial charge on any atom is 0.323 e. The normalized spacial score (nSPS) is 11.2. The molecule has 2 rings (SSSR count). The van der Waals surface area contributed by atoms with E-state index in [0.717, 1.165) is 22.9 Å². The Kier molecular flexibility index (Phi) is 11.6. The number of esters is 1. The molecule has 4 heteroatoms. The third kappa shape index (κ3) is 7.18. The first-order valence-corrected chi connectivity index (χ1v) is 9.05. The molecule has 0 amide bonds. The number of hydrogen-bond acceptors (Lipinski definition) is 3. The van der Waals surface area contributed by atoms with Crippen LogP contribution in [0, 0.1) is 5.92 Å². The first kappa shape index (κ1) is 22.2. The minimum atomic E-state index is -0.610. The van der Waals surface area contributed by atoms with Crippen molar-refractivity contribution < 1.29 is 9.53 Å². The van der Waals surface area contributed by atoms with Crippen molar-refractivity contribution in [3.05, 3.63) is 36.0 Å². The summed E-state index contributed by atoms with van der Waals surface area (Å²) in [7, 11) is 0. The largest absolute Gasteiger partial charge is 0.465 e. The molecule has 4 nitrogen and oxygen atoms in total. The zero-order valence-electron chi connectivity index (χ0n) is 16.1. The van der Waals surface area contributed by atoms with Gasteiger partial charge in [-0.3, -0.25) is 4.79 Å². The second kappa shape index (κ2) is 12.6. The van der Waals surface area contributed by atoms with E-state index in [9.17, 15) is 4.79 Å². The Balaban J connectivity index is 0.00000123. The molecule has 1 heterocycles. The van der Waals surface area contributed by atoms with Gasteiger partial charge in [-0.05, 0) is 24.0 Å². The Bertz CT molecular complexity index is 576. The van der Waals surface area contributed by atoms with Gasteiger partial charge < -0.3 is 15.5 Å². The highest BCUT2D eigenvalue weighted by molar-refractivity contribution is 5.84. The fraction of sp³-hybridized carbons (Fsp3) is 0.550. The predicted octanol–water partition coefficient (Wildman–Crippen LogP) is 4.68. The van der Waals surface area contributed by atoms with Crippen LogP contribution in [0.4, 0.5) is 0 Å². The summed E-state index contributed by atoms with van der Waals surface area (Å²) in [6.45, 7) is 12.6. The molecule has 1 aromatic heterocycles. The Morgan fingerprint density at radius 1 is 1.17 bits per heavy atom. The number of para-hydroxylation sites is 1. The van der Waals surface area contributed by atoms with Crippen LogP contribution in [0.1, 0.15) is 53.5 Å². The minimum Gasteiger partial charge on any atom is -0.465 e. The van der Waals surface area contributed by atoms with Crippen LogP contribution in [0.25, 0.3) is 10.9 Å². The van der Waals surface area contributed by atoms with Crippen LogP contribution in [0.3, 0.4) is 0 Å². The van der Waals surface area contributed by atoms with Gasteiger partial charge in [-0.25, -0.2) is 0 Å². The molecule has 24 heavy (non-hydrogen) atoms. The van der Waals surface area contributed by atoms with E-state index in [2.05, 4.69) is 18.8 Å². The number of hydrogen-bond donors (Lipinski definition) is 2. The van der Waals surface area contributed by atoms with Crippen molar-refractivity contribution in [2.75, 3.05) is 6.61 Å². The van der Waals surface area contributed by atoms with Gasteiger partial charge in [0.15, 0.2) is 0 Å². The van der Waals surface area contributed by atoms with E-state index in [1.54, 1.807) is 0 Å². The van der Waals surface area contributed by atoms with Gasteiger partial charge in [-0.15, -0.1) is 0 Å². The molecular weight excluding hydrogens is 300 g/mol. The smallest absolute Gasteiger partial charge is 0.323 e. The zero-order chi connectivity index (χ0) is 18.5. The zero-order valence-corrected chi connectivity index (χ0v) is 16.1. The summed E-state index contributed by atoms with van der Waals surface area (Å²) in [4.78, 5) is 15.0. The van der Waals surface area contributed by atoms with Gasteiger partial charge in [0.25, 0.3) is 0 Å². The molecule has 0 aliphatic heterocycles. The van der Waals surface area contributed by atoms with Gasteiger partial charge in [0.1, 0.15) is 6.04 Å². The standard InChI is InChI=1S/C16H22N2O2.2C2H6/c1-11(2)7-8-20-16(19)14(17)9-12-10-18-15-6-4-3-5-13(12)15;2*1-2/h3-6,10-11,14,18H,7-9,17H2,1-2H3;2*1-2H3. The van der Waals surface area contributed by atoms with Crippen molar-refractivity contribution in [3.63, 3.8) is 0 Å². The fourth-order valence-corrected chi connectivity index (χ4v) is 2.12. The number of aromatic amines is 1. The maximum absolute atomic E-state index is 11.8. The molecular formula is C20H34N2O2. The van der Waals surface area contributed by atoms with Crippen molar-refractivity contribution in [3.8, 4) is 0 Å². The highest BCUT2D eigenvalue weighted by Gasteiger charge is 2.17. The molecule has 3 N–H and O–H groups in total. The van der Waals surface area contributed by atoms with E-state index in [1.165, 1.54) is 0 Å². The fourth-order valence-electron chi connectivity index (χ4n) is 2.12. The number of H-pyrrole nitrogens is 1. The second-order valence-corrected chi connectivity index (χ2v) is 5.52. The lowest BCUT2D eigenvalue weighted by atomic mass is 10.1. The number of nitrogens with two attached hydrogens (primary N) is 1. The van der Waals surface area contributed by atoms with Crippen molar-refractivity contribution in [2.45, 2.75) is 60.4 Å². The highest BCUT2D eigenvalue weighted by Crippen LogP contribution is 2.18. The van der Waals surface area contributed by atoms with Gasteiger partial charge >= 0.3 is 5.97 Å². The van der Waals surface area contributed by atoms with Crippen LogP contribution < -0.4 is 5.73 Å². The number of fused-ring (bicyclic) bond motifs is 1. The lowest BCUT2D eigenvalue weighted by molar-refractivity contribution is -0.145. The lowest BCUT2D eigenvalue weighted by Gasteiger charge is -2.12. The molecule has 0 aliphatic carbocycles. The van der Waals surface area contributed by atoms with Crippen LogP contribution in [0.15, 0.2) is 30.5 Å². The topological polar surface area (TPSA) is 68.1 Å². The summed E-state index contributed by atoms with van der Waals surface area (Å²) >= 11 is 0. The predicted molar refractivity (Wildman–Crippen MR) is 103 cm³/mol. The number of carbonyl (C=O) groups excluding carboxylic acids is 1. The molecule has 1 atom stereocenters. The summed E-state index contributed by atoms with van der Waals surface area (Å²) in [5, 5.41) is 1.11. The number of ether oxygens (including phenoxy) is 1. The van der Waals surface area contributed by atoms with Gasteiger partial charge in [0, 0.05) is 23.5 Å². The van der Waals surface area contributed by atoms with E-state index < -0.39 is 6.04 Å². The number of benzene rings is 1. The number of nitrogens with one attached hydrogen (secondary N) is 1. The van der Waals surface area contributed by atoms with E-state index in [1.807, 2.05) is 58.2 Å². The maximum atomic E-state index is 11.8. The van der Waals surface area contributed by atoms with Crippen LogP contribution >= 0.6 is 0 Å². The molecule has 2 aromatic rings. The summed E-state index contributed by atoms with van der Waals surface area (Å²) in [5.74, 6) is 0.198. The van der Waals surface area contributed by atoms with Crippen LogP contribution in [0.5, 0.6) is 0 Å². The van der Waals surface area contributed by atoms with Gasteiger partial charge in [-0.1, -0.05) is 59.7 Å². The molecule has 136 valence electrons. The molecule has 0 bridgehead atoms. The van der Waals surface area contributed by atoms with Crippen LogP contribution in [-0.4, -0.2) is 23.6 Å². The summed E-state index contributed by atoms with van der Waals surface area (Å²) in [6, 6.07) is 7.37. The van der Waals surface area contributed by atoms with Crippen molar-refractivity contribution in [1.29, 1.82) is 0 Å². The molecule has 1 unspecified atom stereocenters. The highest BCUT2D eigenvalue weighted by atomic mass is 16.5. The summed E-state index contributed by atoms with van der Waals surface area (Å²) in [6.07, 6.45) is 3.27. The van der Waals surface area contributed by atoms with Crippen LogP contribution in [-0.2, 0) is 16.0 Å². The summed E-state index contributed by atoms with van der Waals surface area (Å²) < 4.78 is 5.20. The SMILES string of the molecule is CC.CC.CC(C)CCOC(=O)C(N)Cc1c[nH]c2ccccc12. The first-order valence-electron chi connectivity index (χ1n) is 9.05. The van der Waals surface area contributed by atoms with Crippen molar-refractivity contribution >= 4 is 16.9 Å². The van der Waals surface area contributed by atoms with Gasteiger partial charge in [0.05, 0.1) is 6.61 Å². The van der Waals surface area contributed by atoms with Crippen molar-refractivity contribution in [2.24, 2.45) is 11.7 Å². The first-order chi connectivity index (χ1) is 11.6. The average Bonchev–Trinajstić information content (AvgIpc) is 3.01. The molecule has 0 spiro atoms. The Morgan fingerprint density at radius 3 is 2.42 bits per heavy atom. The molecule has 0 saturated carbocycles. The van der Waals surface area contributed by atoms with E-state index in [4.69, 9.17) is 10.5 Å². The van der Waals surface area contributed by atoms with Gasteiger partial charge in [0.2, 0.25) is 0 Å². The molecule has 0 aliphatic rings. The van der Waals surface area contributed by atoms with Crippen molar-refractivity contribution in [1.82, 2.24) is 4.98 Å². The minimum absolute atomic E-state index is 0.323. The quantitative estimate of drug-likeness (QED) is 0.754. The van der Waals surface area contributed by atoms with E-state index >= 15 is 0 Å². The molecule has 0 fully saturated rings. The molecule has 1 aromatic carbocycles. The average molecular weight is 335 g/mol. The van der Waals surface area contributed by atoms with E-state index in [-0.39, 0.29) is 5.97 Å². The van der Waals surface area contributed by atoms with Crippen LogP contribution in [0.2, 0.25) is 0 Å². The summed E-state index contributed by atoms with van der Waals surface area (Å²) in [5.41, 5.74) is 8.04. The second-order valence-electron chi connectivity index (χ2n) is 5.52. The van der Waals surface area contributed by atoms with E-state index in [0.29, 0.717) is 18.9 Å². The Morgan fingerprint density at radius 2 is 1.79 bits per heavy atom. The molecule has 0 saturated heterocycles. The number of rotatable bonds is 6. The lowest BCUT2D eigenvalue weighted by Crippen LogP contribution is -2.34. The van der Waals surface area contributed by atoms with Gasteiger partial charge in [-0.2, -0.15) is 0 Å². The third-order valence-electron chi connectivity index (χ3n) is 3.36. The Labute approximate surface area is 146 Å². The molecule has 0 radical (unpaired) electrons.